The molecule has 0 radical (unpaired) electrons. The van der Waals surface area contributed by atoms with E-state index in [2.05, 4.69) is 13.8 Å². The third kappa shape index (κ3) is 10.2. The van der Waals surface area contributed by atoms with E-state index in [0.717, 1.165) is 38.5 Å². The van der Waals surface area contributed by atoms with Crippen LogP contribution < -0.4 is 0 Å². The van der Waals surface area contributed by atoms with Crippen LogP contribution in [-0.2, 0) is 19.1 Å². The predicted octanol–water partition coefficient (Wildman–Crippen LogP) is 6.70. The Morgan fingerprint density at radius 2 is 1.07 bits per heavy atom. The van der Waals surface area contributed by atoms with Gasteiger partial charge in [-0.2, -0.15) is 0 Å². The van der Waals surface area contributed by atoms with Gasteiger partial charge in [0.05, 0.1) is 11.3 Å². The summed E-state index contributed by atoms with van der Waals surface area (Å²) < 4.78 is 11.0. The average Bonchev–Trinajstić information content (AvgIpc) is 2.67. The molecule has 0 spiro atoms. The number of carbonyl (C=O) groups excluding carboxylic acids is 2. The summed E-state index contributed by atoms with van der Waals surface area (Å²) in [5, 5.41) is 0. The Kier molecular flexibility index (Phi) is 12.9. The molecular weight excluding hydrogens is 340 g/mol. The molecule has 0 aromatic carbocycles. The van der Waals surface area contributed by atoms with Crippen LogP contribution in [0.25, 0.3) is 0 Å². The number of rotatable bonds is 10. The molecule has 162 valence electrons. The van der Waals surface area contributed by atoms with Gasteiger partial charge in [0, 0.05) is 0 Å². The van der Waals surface area contributed by atoms with Gasteiger partial charge in [-0.1, -0.05) is 48.5 Å². The lowest BCUT2D eigenvalue weighted by Gasteiger charge is -2.31. The summed E-state index contributed by atoms with van der Waals surface area (Å²) in [7, 11) is 0. The van der Waals surface area contributed by atoms with Crippen molar-refractivity contribution in [1.82, 2.24) is 0 Å². The molecule has 4 heteroatoms. The normalized spacial score (nSPS) is 13.3. The summed E-state index contributed by atoms with van der Waals surface area (Å²) in [5.41, 5.74) is -0.907. The van der Waals surface area contributed by atoms with Crippen molar-refractivity contribution in [1.29, 1.82) is 0 Å². The van der Waals surface area contributed by atoms with Crippen LogP contribution in [0.15, 0.2) is 0 Å². The molecule has 0 heterocycles. The van der Waals surface area contributed by atoms with E-state index in [1.165, 1.54) is 0 Å². The fraction of sp³-hybridized carbons (Fsp3) is 0.913. The molecule has 0 aromatic heterocycles. The highest BCUT2D eigenvalue weighted by molar-refractivity contribution is 5.76. The summed E-state index contributed by atoms with van der Waals surface area (Å²) in [6.45, 7) is 22.0. The fourth-order valence-electron chi connectivity index (χ4n) is 1.81. The number of ether oxygens (including phenoxy) is 2. The van der Waals surface area contributed by atoms with Gasteiger partial charge in [-0.3, -0.25) is 9.59 Å². The third-order valence-corrected chi connectivity index (χ3v) is 6.13. The van der Waals surface area contributed by atoms with Crippen LogP contribution in [0, 0.1) is 11.3 Å². The molecule has 0 aromatic rings. The minimum absolute atomic E-state index is 0.0254. The monoisotopic (exact) mass is 386 g/mol. The third-order valence-electron chi connectivity index (χ3n) is 6.13. The molecule has 27 heavy (non-hydrogen) atoms. The van der Waals surface area contributed by atoms with Crippen LogP contribution in [0.2, 0.25) is 0 Å². The molecule has 1 atom stereocenters. The minimum atomic E-state index is -0.356. The molecule has 4 nitrogen and oxygen atoms in total. The van der Waals surface area contributed by atoms with E-state index >= 15 is 0 Å². The molecule has 0 amide bonds. The fourth-order valence-corrected chi connectivity index (χ4v) is 1.81. The zero-order valence-corrected chi connectivity index (χ0v) is 20.0. The number of hydrogen-bond donors (Lipinski definition) is 0. The molecule has 0 rings (SSSR count). The molecule has 0 bridgehead atoms. The second kappa shape index (κ2) is 12.4. The zero-order valence-electron chi connectivity index (χ0n) is 20.0. The highest BCUT2D eigenvalue weighted by atomic mass is 16.6. The van der Waals surface area contributed by atoms with Crippen LogP contribution in [0.5, 0.6) is 0 Å². The number of esters is 2. The van der Waals surface area contributed by atoms with Crippen molar-refractivity contribution in [3.63, 3.8) is 0 Å². The molecule has 0 N–H and O–H groups in total. The van der Waals surface area contributed by atoms with Crippen molar-refractivity contribution >= 4 is 11.9 Å². The van der Waals surface area contributed by atoms with Gasteiger partial charge < -0.3 is 9.47 Å². The Morgan fingerprint density at radius 3 is 1.37 bits per heavy atom. The largest absolute Gasteiger partial charge is 0.459 e. The second-order valence-electron chi connectivity index (χ2n) is 8.67. The Morgan fingerprint density at radius 1 is 0.704 bits per heavy atom. The van der Waals surface area contributed by atoms with Crippen molar-refractivity contribution in [3.8, 4) is 0 Å². The van der Waals surface area contributed by atoms with Gasteiger partial charge in [0.2, 0.25) is 0 Å². The first-order valence-electron chi connectivity index (χ1n) is 10.8. The SMILES string of the molecule is CCC(C)(CC)OC(=O)C(C)(C)CC.CCC(C)C(=O)OC(C)(CC)CC. The Bertz CT molecular complexity index is 432. The quantitative estimate of drug-likeness (QED) is 0.392. The lowest BCUT2D eigenvalue weighted by Crippen LogP contribution is -2.36. The minimum Gasteiger partial charge on any atom is -0.459 e. The van der Waals surface area contributed by atoms with Crippen LogP contribution in [-0.4, -0.2) is 23.1 Å². The molecule has 0 aliphatic rings. The lowest BCUT2D eigenvalue weighted by molar-refractivity contribution is -0.170. The molecule has 1 unspecified atom stereocenters. The van der Waals surface area contributed by atoms with Crippen LogP contribution in [0.1, 0.15) is 115 Å². The Balaban J connectivity index is 0. The van der Waals surface area contributed by atoms with Gasteiger partial charge in [0.1, 0.15) is 11.2 Å². The zero-order chi connectivity index (χ0) is 21.9. The first kappa shape index (κ1) is 28.2. The van der Waals surface area contributed by atoms with Crippen molar-refractivity contribution in [2.45, 2.75) is 126 Å². The average molecular weight is 387 g/mol. The van der Waals surface area contributed by atoms with E-state index in [1.54, 1.807) is 0 Å². The van der Waals surface area contributed by atoms with E-state index in [-0.39, 0.29) is 34.5 Å². The molecule has 0 saturated carbocycles. The highest BCUT2D eigenvalue weighted by Gasteiger charge is 2.33. The van der Waals surface area contributed by atoms with E-state index in [9.17, 15) is 9.59 Å². The second-order valence-corrected chi connectivity index (χ2v) is 8.67. The van der Waals surface area contributed by atoms with Crippen molar-refractivity contribution in [2.24, 2.45) is 11.3 Å². The van der Waals surface area contributed by atoms with Gasteiger partial charge in [-0.25, -0.2) is 0 Å². The smallest absolute Gasteiger partial charge is 0.312 e. The van der Waals surface area contributed by atoms with Gasteiger partial charge >= 0.3 is 11.9 Å². The predicted molar refractivity (Wildman–Crippen MR) is 114 cm³/mol. The van der Waals surface area contributed by atoms with Crippen LogP contribution >= 0.6 is 0 Å². The maximum Gasteiger partial charge on any atom is 0.312 e. The van der Waals surface area contributed by atoms with Crippen molar-refractivity contribution < 1.29 is 19.1 Å². The Labute approximate surface area is 168 Å². The summed E-state index contributed by atoms with van der Waals surface area (Å²) in [6, 6.07) is 0. The molecule has 0 fully saturated rings. The van der Waals surface area contributed by atoms with Crippen LogP contribution in [0.4, 0.5) is 0 Å². The van der Waals surface area contributed by atoms with Gasteiger partial charge in [-0.05, 0) is 66.2 Å². The molecular formula is C23H46O4. The summed E-state index contributed by atoms with van der Waals surface area (Å²) in [5.74, 6) is -0.114. The molecule has 0 aliphatic carbocycles. The number of hydrogen-bond acceptors (Lipinski definition) is 4. The first-order valence-corrected chi connectivity index (χ1v) is 10.8. The van der Waals surface area contributed by atoms with Crippen molar-refractivity contribution in [3.05, 3.63) is 0 Å². The van der Waals surface area contributed by atoms with Crippen molar-refractivity contribution in [2.75, 3.05) is 0 Å². The standard InChI is InChI=1S/C12H24O2.C11H22O2/c1-7-11(4,5)10(13)14-12(6,8-2)9-3;1-6-9(4)10(12)13-11(5,7-2)8-3/h7-9H2,1-6H3;9H,6-8H2,1-5H3. The van der Waals surface area contributed by atoms with Gasteiger partial charge in [-0.15, -0.1) is 0 Å². The van der Waals surface area contributed by atoms with E-state index in [1.807, 2.05) is 62.3 Å². The maximum absolute atomic E-state index is 11.8. The Hall–Kier alpha value is -1.06. The summed E-state index contributed by atoms with van der Waals surface area (Å²) in [6.07, 6.45) is 5.17. The maximum atomic E-state index is 11.8. The summed E-state index contributed by atoms with van der Waals surface area (Å²) >= 11 is 0. The topological polar surface area (TPSA) is 52.6 Å². The van der Waals surface area contributed by atoms with E-state index in [0.29, 0.717) is 0 Å². The first-order chi connectivity index (χ1) is 12.3. The van der Waals surface area contributed by atoms with E-state index < -0.39 is 0 Å². The highest BCUT2D eigenvalue weighted by Crippen LogP contribution is 2.28. The number of carbonyl (C=O) groups is 2. The van der Waals surface area contributed by atoms with Gasteiger partial charge in [0.15, 0.2) is 0 Å². The van der Waals surface area contributed by atoms with E-state index in [4.69, 9.17) is 9.47 Å². The molecule has 0 aliphatic heterocycles. The van der Waals surface area contributed by atoms with Crippen LogP contribution in [0.3, 0.4) is 0 Å². The summed E-state index contributed by atoms with van der Waals surface area (Å²) in [4.78, 5) is 23.3. The lowest BCUT2D eigenvalue weighted by atomic mass is 9.89. The molecule has 0 saturated heterocycles. The van der Waals surface area contributed by atoms with Gasteiger partial charge in [0.25, 0.3) is 0 Å².